The Hall–Kier alpha value is -2.91. The van der Waals surface area contributed by atoms with Crippen LogP contribution in [0.5, 0.6) is 0 Å². The first-order valence-electron chi connectivity index (χ1n) is 7.22. The Balaban J connectivity index is 1.88. The molecule has 1 aliphatic heterocycles. The number of azide groups is 1. The first-order chi connectivity index (χ1) is 12.1. The first-order valence-corrected chi connectivity index (χ1v) is 8.02. The number of halogens is 2. The molecular weight excluding hydrogens is 395 g/mol. The average Bonchev–Trinajstić information content (AvgIpc) is 3.20. The van der Waals surface area contributed by atoms with Crippen LogP contribution < -0.4 is 10.7 Å². The van der Waals surface area contributed by atoms with Gasteiger partial charge >= 0.3 is 0 Å². The predicted molar refractivity (Wildman–Crippen MR) is 92.6 cm³/mol. The van der Waals surface area contributed by atoms with E-state index in [0.717, 1.165) is 0 Å². The van der Waals surface area contributed by atoms with E-state index in [1.807, 2.05) is 0 Å². The van der Waals surface area contributed by atoms with Crippen molar-refractivity contribution in [2.75, 3.05) is 18.4 Å². The van der Waals surface area contributed by atoms with Gasteiger partial charge in [-0.1, -0.05) is 11.2 Å². The largest absolute Gasteiger partial charge is 0.382 e. The van der Waals surface area contributed by atoms with Gasteiger partial charge in [0.15, 0.2) is 0 Å². The summed E-state index contributed by atoms with van der Waals surface area (Å²) in [6, 6.07) is 4.37. The van der Waals surface area contributed by atoms with Gasteiger partial charge in [-0.25, -0.2) is 9.82 Å². The number of nitrogens with zero attached hydrogens (tertiary/aromatic N) is 5. The van der Waals surface area contributed by atoms with E-state index < -0.39 is 11.7 Å². The van der Waals surface area contributed by atoms with Crippen LogP contribution in [-0.4, -0.2) is 34.9 Å². The summed E-state index contributed by atoms with van der Waals surface area (Å²) >= 11 is 3.13. The third kappa shape index (κ3) is 3.47. The van der Waals surface area contributed by atoms with Crippen molar-refractivity contribution >= 4 is 33.2 Å². The molecule has 1 aromatic carbocycles. The molecule has 9 nitrogen and oxygen atoms in total. The number of hydrogen-bond donors (Lipinski definition) is 3. The third-order valence-electron chi connectivity index (χ3n) is 3.59. The molecule has 0 saturated carbocycles. The van der Waals surface area contributed by atoms with Crippen LogP contribution in [-0.2, 0) is 4.79 Å². The second-order valence-corrected chi connectivity index (χ2v) is 5.97. The molecular formula is C14H12BrFN8O. The molecule has 1 aliphatic rings. The normalized spacial score (nSPS) is 16.2. The summed E-state index contributed by atoms with van der Waals surface area (Å²) in [7, 11) is 0. The van der Waals surface area contributed by atoms with Crippen LogP contribution in [0.1, 0.15) is 17.2 Å². The standard InChI is InChI=1S/C14H12BrFN8O/c15-8-5-7(1-2-9(8)16)11-13(22-23-14(11)25)12-10(6-20-21-12)18-3-4-19-24-17/h1-2,5-6,11,18H,3-4H2,(H,20,21)(H,23,25). The fourth-order valence-corrected chi connectivity index (χ4v) is 2.87. The van der Waals surface area contributed by atoms with Crippen LogP contribution in [0.15, 0.2) is 39.1 Å². The van der Waals surface area contributed by atoms with E-state index >= 15 is 0 Å². The molecule has 2 aromatic rings. The Morgan fingerprint density at radius 3 is 3.08 bits per heavy atom. The lowest BCUT2D eigenvalue weighted by atomic mass is 9.92. The molecule has 0 aliphatic carbocycles. The monoisotopic (exact) mass is 406 g/mol. The van der Waals surface area contributed by atoms with Crippen LogP contribution in [0, 0.1) is 5.82 Å². The van der Waals surface area contributed by atoms with Crippen LogP contribution in [0.3, 0.4) is 0 Å². The van der Waals surface area contributed by atoms with Gasteiger partial charge in [0.1, 0.15) is 23.1 Å². The SMILES string of the molecule is [N-]=[N+]=NCCNc1cn[nH]c1C1=NNC(=O)C1c1ccc(F)c(Br)c1. The van der Waals surface area contributed by atoms with Gasteiger partial charge in [0, 0.05) is 18.0 Å². The van der Waals surface area contributed by atoms with E-state index in [9.17, 15) is 9.18 Å². The number of aromatic amines is 1. The number of amides is 1. The summed E-state index contributed by atoms with van der Waals surface area (Å²) in [5.74, 6) is -1.43. The molecule has 0 spiro atoms. The van der Waals surface area contributed by atoms with E-state index in [0.29, 0.717) is 29.2 Å². The number of H-pyrrole nitrogens is 1. The Morgan fingerprint density at radius 1 is 1.48 bits per heavy atom. The molecule has 11 heteroatoms. The molecule has 3 N–H and O–H groups in total. The Labute approximate surface area is 149 Å². The molecule has 3 rings (SSSR count). The van der Waals surface area contributed by atoms with Crippen molar-refractivity contribution in [1.29, 1.82) is 0 Å². The van der Waals surface area contributed by atoms with Crippen molar-refractivity contribution in [2.45, 2.75) is 5.92 Å². The van der Waals surface area contributed by atoms with Crippen LogP contribution in [0.2, 0.25) is 0 Å². The number of carbonyl (C=O) groups is 1. The minimum atomic E-state index is -0.699. The molecule has 1 atom stereocenters. The molecule has 1 unspecified atom stereocenters. The Morgan fingerprint density at radius 2 is 2.32 bits per heavy atom. The predicted octanol–water partition coefficient (Wildman–Crippen LogP) is 2.65. The maximum Gasteiger partial charge on any atom is 0.253 e. The van der Waals surface area contributed by atoms with Crippen molar-refractivity contribution in [3.8, 4) is 0 Å². The van der Waals surface area contributed by atoms with Gasteiger partial charge in [0.2, 0.25) is 0 Å². The summed E-state index contributed by atoms with van der Waals surface area (Å²) < 4.78 is 13.7. The van der Waals surface area contributed by atoms with Gasteiger partial charge < -0.3 is 5.32 Å². The lowest BCUT2D eigenvalue weighted by Gasteiger charge is -2.12. The molecule has 0 radical (unpaired) electrons. The van der Waals surface area contributed by atoms with E-state index in [2.05, 4.69) is 52.0 Å². The van der Waals surface area contributed by atoms with E-state index in [-0.39, 0.29) is 16.9 Å². The third-order valence-corrected chi connectivity index (χ3v) is 4.19. The molecule has 128 valence electrons. The van der Waals surface area contributed by atoms with E-state index in [4.69, 9.17) is 5.53 Å². The maximum absolute atomic E-state index is 13.5. The summed E-state index contributed by atoms with van der Waals surface area (Å²) in [5, 5.41) is 17.4. The lowest BCUT2D eigenvalue weighted by Crippen LogP contribution is -2.22. The highest BCUT2D eigenvalue weighted by Gasteiger charge is 2.35. The minimum absolute atomic E-state index is 0.263. The zero-order valence-corrected chi connectivity index (χ0v) is 14.3. The van der Waals surface area contributed by atoms with Crippen LogP contribution >= 0.6 is 15.9 Å². The minimum Gasteiger partial charge on any atom is -0.382 e. The van der Waals surface area contributed by atoms with E-state index in [1.165, 1.54) is 12.1 Å². The number of anilines is 1. The number of aromatic nitrogens is 2. The van der Waals surface area contributed by atoms with Gasteiger partial charge in [-0.2, -0.15) is 10.2 Å². The van der Waals surface area contributed by atoms with Crippen molar-refractivity contribution in [1.82, 2.24) is 15.6 Å². The molecule has 1 amide bonds. The van der Waals surface area contributed by atoms with Crippen molar-refractivity contribution < 1.29 is 9.18 Å². The van der Waals surface area contributed by atoms with E-state index in [1.54, 1.807) is 12.3 Å². The van der Waals surface area contributed by atoms with Gasteiger partial charge in [0.05, 0.1) is 16.4 Å². The number of rotatable bonds is 6. The molecule has 2 heterocycles. The maximum atomic E-state index is 13.5. The van der Waals surface area contributed by atoms with Crippen LogP contribution in [0.4, 0.5) is 10.1 Å². The highest BCUT2D eigenvalue weighted by molar-refractivity contribution is 9.10. The quantitative estimate of drug-likeness (QED) is 0.294. The summed E-state index contributed by atoms with van der Waals surface area (Å²) in [6.07, 6.45) is 1.55. The lowest BCUT2D eigenvalue weighted by molar-refractivity contribution is -0.120. The second-order valence-electron chi connectivity index (χ2n) is 5.12. The fourth-order valence-electron chi connectivity index (χ4n) is 2.47. The highest BCUT2D eigenvalue weighted by Crippen LogP contribution is 2.30. The average molecular weight is 407 g/mol. The summed E-state index contributed by atoms with van der Waals surface area (Å²) in [4.78, 5) is 14.9. The molecule has 0 saturated heterocycles. The van der Waals surface area contributed by atoms with Gasteiger partial charge in [-0.3, -0.25) is 9.89 Å². The molecule has 0 bridgehead atoms. The number of nitrogens with one attached hydrogen (secondary N) is 3. The van der Waals surface area contributed by atoms with Crippen molar-refractivity contribution in [3.05, 3.63) is 56.4 Å². The highest BCUT2D eigenvalue weighted by atomic mass is 79.9. The number of hydrogen-bond acceptors (Lipinski definition) is 5. The Kier molecular flexibility index (Phi) is 4.96. The number of hydrazone groups is 1. The van der Waals surface area contributed by atoms with Crippen molar-refractivity contribution in [2.24, 2.45) is 10.2 Å². The number of benzene rings is 1. The topological polar surface area (TPSA) is 131 Å². The first kappa shape index (κ1) is 16.9. The molecule has 1 aromatic heterocycles. The smallest absolute Gasteiger partial charge is 0.253 e. The number of carbonyl (C=O) groups excluding carboxylic acids is 1. The zero-order chi connectivity index (χ0) is 17.8. The van der Waals surface area contributed by atoms with Gasteiger partial charge in [-0.05, 0) is 39.2 Å². The van der Waals surface area contributed by atoms with Crippen molar-refractivity contribution in [3.63, 3.8) is 0 Å². The second kappa shape index (κ2) is 7.32. The summed E-state index contributed by atoms with van der Waals surface area (Å²) in [6.45, 7) is 0.664. The summed E-state index contributed by atoms with van der Waals surface area (Å²) in [5.41, 5.74) is 12.9. The van der Waals surface area contributed by atoms with Gasteiger partial charge in [-0.15, -0.1) is 0 Å². The Bertz CT molecular complexity index is 889. The molecule has 25 heavy (non-hydrogen) atoms. The fraction of sp³-hybridized carbons (Fsp3) is 0.214. The van der Waals surface area contributed by atoms with Crippen LogP contribution in [0.25, 0.3) is 10.4 Å². The molecule has 0 fully saturated rings. The zero-order valence-electron chi connectivity index (χ0n) is 12.7. The van der Waals surface area contributed by atoms with Gasteiger partial charge in [0.25, 0.3) is 5.91 Å².